The first-order chi connectivity index (χ1) is 6.91. The van der Waals surface area contributed by atoms with E-state index in [4.69, 9.17) is 0 Å². The highest BCUT2D eigenvalue weighted by Crippen LogP contribution is 2.29. The molecule has 1 aliphatic rings. The van der Waals surface area contributed by atoms with Crippen molar-refractivity contribution < 1.29 is 4.48 Å². The summed E-state index contributed by atoms with van der Waals surface area (Å²) < 4.78 is 1.19. The van der Waals surface area contributed by atoms with Crippen LogP contribution in [0.25, 0.3) is 0 Å². The maximum absolute atomic E-state index is 2.65. The molecule has 0 atom stereocenters. The molecule has 0 aromatic heterocycles. The van der Waals surface area contributed by atoms with Crippen LogP contribution < -0.4 is 0 Å². The van der Waals surface area contributed by atoms with E-state index >= 15 is 0 Å². The molecule has 15 heavy (non-hydrogen) atoms. The number of likely N-dealkylation sites (tertiary alicyclic amines) is 1. The topological polar surface area (TPSA) is 3.24 Å². The second kappa shape index (κ2) is 4.84. The van der Waals surface area contributed by atoms with Gasteiger partial charge in [-0.3, -0.25) is 4.90 Å². The van der Waals surface area contributed by atoms with E-state index in [0.29, 0.717) is 5.41 Å². The Morgan fingerprint density at radius 3 is 1.93 bits per heavy atom. The van der Waals surface area contributed by atoms with Gasteiger partial charge in [-0.2, -0.15) is 0 Å². The van der Waals surface area contributed by atoms with Crippen LogP contribution in [0.2, 0.25) is 0 Å². The lowest BCUT2D eigenvalue weighted by atomic mass is 9.83. The summed E-state index contributed by atoms with van der Waals surface area (Å²) in [5.41, 5.74) is 0.582. The van der Waals surface area contributed by atoms with Crippen molar-refractivity contribution in [1.82, 2.24) is 4.90 Å². The van der Waals surface area contributed by atoms with Crippen molar-refractivity contribution in [3.05, 3.63) is 0 Å². The molecular formula is C13H29N2+. The van der Waals surface area contributed by atoms with Gasteiger partial charge in [0.05, 0.1) is 20.1 Å². The fourth-order valence-corrected chi connectivity index (χ4v) is 2.21. The number of hydrogen-bond donors (Lipinski definition) is 0. The number of hydrogen-bond acceptors (Lipinski definition) is 1. The molecule has 2 nitrogen and oxygen atoms in total. The van der Waals surface area contributed by atoms with Gasteiger partial charge >= 0.3 is 0 Å². The minimum Gasteiger partial charge on any atom is -0.314 e. The first-order valence-corrected chi connectivity index (χ1v) is 6.47. The third-order valence-corrected chi connectivity index (χ3v) is 4.28. The smallest absolute Gasteiger partial charge is 0.134 e. The second-order valence-corrected chi connectivity index (χ2v) is 6.18. The van der Waals surface area contributed by atoms with Crippen LogP contribution >= 0.6 is 0 Å². The number of piperidine rings is 1. The molecule has 0 aromatic rings. The van der Waals surface area contributed by atoms with E-state index in [1.807, 2.05) is 0 Å². The third-order valence-electron chi connectivity index (χ3n) is 4.28. The molecule has 0 spiro atoms. The van der Waals surface area contributed by atoms with E-state index in [2.05, 4.69) is 39.6 Å². The molecule has 0 radical (unpaired) electrons. The molecule has 0 unspecified atom stereocenters. The van der Waals surface area contributed by atoms with Gasteiger partial charge in [0.25, 0.3) is 0 Å². The van der Waals surface area contributed by atoms with Crippen molar-refractivity contribution in [2.24, 2.45) is 5.41 Å². The maximum Gasteiger partial charge on any atom is 0.134 e. The molecule has 0 aliphatic carbocycles. The molecule has 0 bridgehead atoms. The first-order valence-electron chi connectivity index (χ1n) is 6.47. The van der Waals surface area contributed by atoms with Gasteiger partial charge in [-0.05, 0) is 32.1 Å². The average Bonchev–Trinajstić information content (AvgIpc) is 2.21. The van der Waals surface area contributed by atoms with Crippen LogP contribution in [0.15, 0.2) is 0 Å². The zero-order chi connectivity index (χ0) is 11.5. The number of rotatable bonds is 4. The Labute approximate surface area is 95.8 Å². The van der Waals surface area contributed by atoms with Gasteiger partial charge in [-0.1, -0.05) is 13.8 Å². The summed E-state index contributed by atoms with van der Waals surface area (Å²) in [5.74, 6) is 0. The maximum atomic E-state index is 2.65. The number of nitrogens with zero attached hydrogens (tertiary/aromatic N) is 2. The monoisotopic (exact) mass is 213 g/mol. The molecule has 1 rings (SSSR count). The van der Waals surface area contributed by atoms with Crippen molar-refractivity contribution in [3.63, 3.8) is 0 Å². The Balaban J connectivity index is 2.41. The molecule has 0 saturated carbocycles. The van der Waals surface area contributed by atoms with Gasteiger partial charge in [0, 0.05) is 13.1 Å². The Hall–Kier alpha value is -0.0800. The van der Waals surface area contributed by atoms with Crippen LogP contribution in [-0.2, 0) is 0 Å². The first kappa shape index (κ1) is 13.0. The molecule has 1 aliphatic heterocycles. The summed E-state index contributed by atoms with van der Waals surface area (Å²) in [5, 5.41) is 0. The standard InChI is InChI=1S/C13H29N2/c1-6-15(5,7-2)12-14-10-8-13(3,4)9-11-14/h6-12H2,1-5H3/q+1. The second-order valence-electron chi connectivity index (χ2n) is 6.18. The van der Waals surface area contributed by atoms with Crippen molar-refractivity contribution in [1.29, 1.82) is 0 Å². The van der Waals surface area contributed by atoms with Gasteiger partial charge < -0.3 is 4.48 Å². The van der Waals surface area contributed by atoms with Crippen LogP contribution in [0.3, 0.4) is 0 Å². The van der Waals surface area contributed by atoms with Gasteiger partial charge in [-0.15, -0.1) is 0 Å². The molecule has 90 valence electrons. The molecule has 1 saturated heterocycles. The van der Waals surface area contributed by atoms with E-state index < -0.39 is 0 Å². The molecule has 0 aromatic carbocycles. The molecular weight excluding hydrogens is 184 g/mol. The molecule has 0 N–H and O–H groups in total. The van der Waals surface area contributed by atoms with Crippen LogP contribution in [0.5, 0.6) is 0 Å². The van der Waals surface area contributed by atoms with Crippen molar-refractivity contribution >= 4 is 0 Å². The van der Waals surface area contributed by atoms with Gasteiger partial charge in [-0.25, -0.2) is 0 Å². The lowest BCUT2D eigenvalue weighted by Gasteiger charge is -2.42. The van der Waals surface area contributed by atoms with E-state index in [-0.39, 0.29) is 0 Å². The quantitative estimate of drug-likeness (QED) is 0.649. The minimum absolute atomic E-state index is 0.582. The minimum atomic E-state index is 0.582. The highest BCUT2D eigenvalue weighted by Gasteiger charge is 2.29. The third kappa shape index (κ3) is 3.76. The Morgan fingerprint density at radius 1 is 1.07 bits per heavy atom. The average molecular weight is 213 g/mol. The van der Waals surface area contributed by atoms with E-state index in [9.17, 15) is 0 Å². The Morgan fingerprint density at radius 2 is 1.53 bits per heavy atom. The molecule has 2 heteroatoms. The van der Waals surface area contributed by atoms with Crippen molar-refractivity contribution in [2.75, 3.05) is 39.9 Å². The van der Waals surface area contributed by atoms with Crippen LogP contribution in [0.4, 0.5) is 0 Å². The fraction of sp³-hybridized carbons (Fsp3) is 1.00. The Bertz CT molecular complexity index is 185. The van der Waals surface area contributed by atoms with Gasteiger partial charge in [0.2, 0.25) is 0 Å². The van der Waals surface area contributed by atoms with Crippen LogP contribution in [0, 0.1) is 5.41 Å². The zero-order valence-corrected chi connectivity index (χ0v) is 11.3. The van der Waals surface area contributed by atoms with Crippen LogP contribution in [0.1, 0.15) is 40.5 Å². The van der Waals surface area contributed by atoms with Crippen molar-refractivity contribution in [2.45, 2.75) is 40.5 Å². The zero-order valence-electron chi connectivity index (χ0n) is 11.3. The lowest BCUT2D eigenvalue weighted by Crippen LogP contribution is -2.53. The predicted molar refractivity (Wildman–Crippen MR) is 66.7 cm³/mol. The predicted octanol–water partition coefficient (Wildman–Crippen LogP) is 2.55. The summed E-state index contributed by atoms with van der Waals surface area (Å²) in [6.45, 7) is 15.7. The van der Waals surface area contributed by atoms with Crippen LogP contribution in [-0.4, -0.2) is 49.3 Å². The largest absolute Gasteiger partial charge is 0.314 e. The summed E-state index contributed by atoms with van der Waals surface area (Å²) in [7, 11) is 2.37. The number of quaternary nitrogens is 1. The highest BCUT2D eigenvalue weighted by atomic mass is 15.4. The summed E-state index contributed by atoms with van der Waals surface area (Å²) in [6, 6.07) is 0. The van der Waals surface area contributed by atoms with E-state index in [1.165, 1.54) is 50.2 Å². The summed E-state index contributed by atoms with van der Waals surface area (Å²) in [6.07, 6.45) is 2.72. The van der Waals surface area contributed by atoms with Gasteiger partial charge in [0.15, 0.2) is 0 Å². The van der Waals surface area contributed by atoms with Crippen molar-refractivity contribution in [3.8, 4) is 0 Å². The normalized spacial score (nSPS) is 23.0. The lowest BCUT2D eigenvalue weighted by molar-refractivity contribution is -0.916. The fourth-order valence-electron chi connectivity index (χ4n) is 2.21. The molecule has 1 fully saturated rings. The van der Waals surface area contributed by atoms with Gasteiger partial charge in [0.1, 0.15) is 6.67 Å². The summed E-state index contributed by atoms with van der Waals surface area (Å²) >= 11 is 0. The SMILES string of the molecule is CC[N+](C)(CC)CN1CCC(C)(C)CC1. The van der Waals surface area contributed by atoms with E-state index in [0.717, 1.165) is 0 Å². The summed E-state index contributed by atoms with van der Waals surface area (Å²) in [4.78, 5) is 2.65. The highest BCUT2D eigenvalue weighted by molar-refractivity contribution is 4.77. The Kier molecular flexibility index (Phi) is 4.19. The van der Waals surface area contributed by atoms with E-state index in [1.54, 1.807) is 0 Å². The molecule has 1 heterocycles. The molecule has 0 amide bonds.